The summed E-state index contributed by atoms with van der Waals surface area (Å²) in [5.41, 5.74) is 3.62. The molecule has 148 valence electrons. The number of hydrogen-bond acceptors (Lipinski definition) is 4. The molecule has 0 aromatic carbocycles. The lowest BCUT2D eigenvalue weighted by Crippen LogP contribution is -2.47. The molecule has 2 fully saturated rings. The van der Waals surface area contributed by atoms with Crippen LogP contribution in [0.1, 0.15) is 48.6 Å². The van der Waals surface area contributed by atoms with E-state index in [4.69, 9.17) is 0 Å². The lowest BCUT2D eigenvalue weighted by Gasteiger charge is -2.43. The topological polar surface area (TPSA) is 41.4 Å². The molecule has 0 unspecified atom stereocenters. The summed E-state index contributed by atoms with van der Waals surface area (Å²) in [5.74, 6) is 1.03. The van der Waals surface area contributed by atoms with Gasteiger partial charge in [-0.1, -0.05) is 18.6 Å². The van der Waals surface area contributed by atoms with Crippen LogP contribution in [0, 0.1) is 5.92 Å². The van der Waals surface area contributed by atoms with Gasteiger partial charge in [0.15, 0.2) is 0 Å². The predicted molar refractivity (Wildman–Crippen MR) is 110 cm³/mol. The zero-order valence-electron chi connectivity index (χ0n) is 16.6. The molecule has 2 saturated heterocycles. The molecule has 5 heteroatoms. The van der Waals surface area contributed by atoms with Gasteiger partial charge in [0.25, 0.3) is 5.56 Å². The molecule has 5 rings (SSSR count). The van der Waals surface area contributed by atoms with Crippen molar-refractivity contribution in [2.24, 2.45) is 5.92 Å². The third-order valence-electron chi connectivity index (χ3n) is 6.71. The first-order valence-electron chi connectivity index (χ1n) is 10.8. The lowest BCUT2D eigenvalue weighted by atomic mass is 9.83. The molecule has 2 aromatic rings. The highest BCUT2D eigenvalue weighted by Crippen LogP contribution is 2.35. The van der Waals surface area contributed by atoms with Gasteiger partial charge in [-0.2, -0.15) is 0 Å². The Morgan fingerprint density at radius 3 is 2.64 bits per heavy atom. The fourth-order valence-corrected chi connectivity index (χ4v) is 5.42. The van der Waals surface area contributed by atoms with Crippen LogP contribution >= 0.6 is 0 Å². The summed E-state index contributed by atoms with van der Waals surface area (Å²) in [5, 5.41) is 0. The van der Waals surface area contributed by atoms with E-state index in [-0.39, 0.29) is 5.56 Å². The maximum Gasteiger partial charge on any atom is 0.255 e. The van der Waals surface area contributed by atoms with Gasteiger partial charge in [0, 0.05) is 56.1 Å². The van der Waals surface area contributed by atoms with Gasteiger partial charge in [-0.15, -0.1) is 0 Å². The summed E-state index contributed by atoms with van der Waals surface area (Å²) >= 11 is 0. The molecule has 5 heterocycles. The van der Waals surface area contributed by atoms with E-state index in [0.717, 1.165) is 57.1 Å². The Balaban J connectivity index is 1.34. The zero-order chi connectivity index (χ0) is 18.9. The maximum absolute atomic E-state index is 13.2. The van der Waals surface area contributed by atoms with Gasteiger partial charge in [0.2, 0.25) is 0 Å². The van der Waals surface area contributed by atoms with Crippen LogP contribution in [0.25, 0.3) is 0 Å². The van der Waals surface area contributed by atoms with Crippen molar-refractivity contribution in [1.82, 2.24) is 19.4 Å². The minimum atomic E-state index is 0.260. The highest BCUT2D eigenvalue weighted by atomic mass is 16.1. The molecule has 2 aromatic heterocycles. The minimum absolute atomic E-state index is 0.260. The van der Waals surface area contributed by atoms with Crippen LogP contribution in [0.5, 0.6) is 0 Å². The van der Waals surface area contributed by atoms with E-state index in [9.17, 15) is 4.79 Å². The number of hydrogen-bond donors (Lipinski definition) is 0. The number of pyridine rings is 2. The van der Waals surface area contributed by atoms with Crippen LogP contribution in [-0.2, 0) is 19.6 Å². The molecule has 2 atom stereocenters. The van der Waals surface area contributed by atoms with Crippen LogP contribution in [0.2, 0.25) is 0 Å². The van der Waals surface area contributed by atoms with Crippen molar-refractivity contribution in [2.45, 2.75) is 51.2 Å². The molecule has 0 aliphatic carbocycles. The van der Waals surface area contributed by atoms with E-state index in [2.05, 4.69) is 43.6 Å². The van der Waals surface area contributed by atoms with E-state index in [0.29, 0.717) is 11.8 Å². The largest absolute Gasteiger partial charge is 0.312 e. The Bertz CT molecular complexity index is 872. The molecule has 3 aliphatic rings. The molecule has 28 heavy (non-hydrogen) atoms. The van der Waals surface area contributed by atoms with Crippen molar-refractivity contribution < 1.29 is 0 Å². The quantitative estimate of drug-likeness (QED) is 0.820. The molecule has 3 aliphatic heterocycles. The highest BCUT2D eigenvalue weighted by Gasteiger charge is 2.35. The number of fused-ring (bicyclic) bond motifs is 4. The van der Waals surface area contributed by atoms with Crippen LogP contribution in [0.15, 0.2) is 41.3 Å². The van der Waals surface area contributed by atoms with Crippen LogP contribution < -0.4 is 5.56 Å². The summed E-state index contributed by atoms with van der Waals surface area (Å²) in [6, 6.07) is 10.5. The molecule has 2 bridgehead atoms. The van der Waals surface area contributed by atoms with Gasteiger partial charge in [0.05, 0.1) is 5.69 Å². The first-order chi connectivity index (χ1) is 13.8. The van der Waals surface area contributed by atoms with Crippen LogP contribution in [0.4, 0.5) is 0 Å². The first kappa shape index (κ1) is 18.1. The van der Waals surface area contributed by atoms with Crippen molar-refractivity contribution in [3.05, 3.63) is 63.8 Å². The summed E-state index contributed by atoms with van der Waals surface area (Å²) in [6.07, 6.45) is 6.95. The predicted octanol–water partition coefficient (Wildman–Crippen LogP) is 2.85. The lowest BCUT2D eigenvalue weighted by molar-refractivity contribution is 0.113. The minimum Gasteiger partial charge on any atom is -0.312 e. The third-order valence-corrected chi connectivity index (χ3v) is 6.71. The van der Waals surface area contributed by atoms with E-state index < -0.39 is 0 Å². The average molecular weight is 379 g/mol. The Morgan fingerprint density at radius 2 is 1.82 bits per heavy atom. The molecule has 0 amide bonds. The van der Waals surface area contributed by atoms with Gasteiger partial charge < -0.3 is 4.57 Å². The van der Waals surface area contributed by atoms with Gasteiger partial charge in [-0.3, -0.25) is 19.6 Å². The summed E-state index contributed by atoms with van der Waals surface area (Å²) < 4.78 is 2.11. The third kappa shape index (κ3) is 3.65. The van der Waals surface area contributed by atoms with Crippen LogP contribution in [0.3, 0.4) is 0 Å². The summed E-state index contributed by atoms with van der Waals surface area (Å²) in [7, 11) is 0. The Morgan fingerprint density at radius 1 is 0.929 bits per heavy atom. The second-order valence-electron chi connectivity index (χ2n) is 8.85. The van der Waals surface area contributed by atoms with E-state index in [1.165, 1.54) is 31.4 Å². The van der Waals surface area contributed by atoms with Crippen molar-refractivity contribution in [2.75, 3.05) is 26.2 Å². The van der Waals surface area contributed by atoms with E-state index in [1.807, 2.05) is 12.3 Å². The fourth-order valence-electron chi connectivity index (χ4n) is 5.42. The standard InChI is InChI=1S/C23H30N4O/c28-23-19(15-25-10-4-1-5-11-25)7-8-22-20-12-18(14-27(22)23)13-26(16-20)17-21-6-2-3-9-24-21/h2-3,6-9,18,20H,1,4-5,10-17H2/t18-,20+/m0/s1. The second-order valence-corrected chi connectivity index (χ2v) is 8.85. The second kappa shape index (κ2) is 7.80. The Labute approximate surface area is 167 Å². The number of rotatable bonds is 4. The Kier molecular flexibility index (Phi) is 5.03. The van der Waals surface area contributed by atoms with E-state index in [1.54, 1.807) is 0 Å². The number of piperidine rings is 2. The maximum atomic E-state index is 13.2. The SMILES string of the molecule is O=c1c(CN2CCCCC2)ccc2n1C[C@H]1C[C@@H]2CN(Cc2ccccn2)C1. The van der Waals surface area contributed by atoms with Gasteiger partial charge in [-0.05, 0) is 56.5 Å². The number of nitrogens with zero attached hydrogens (tertiary/aromatic N) is 4. The van der Waals surface area contributed by atoms with Crippen LogP contribution in [-0.4, -0.2) is 45.5 Å². The molecule has 0 spiro atoms. The molecular formula is C23H30N4O. The van der Waals surface area contributed by atoms with Crippen molar-refractivity contribution >= 4 is 0 Å². The fraction of sp³-hybridized carbons (Fsp3) is 0.565. The number of aromatic nitrogens is 2. The van der Waals surface area contributed by atoms with Crippen molar-refractivity contribution in [3.8, 4) is 0 Å². The number of likely N-dealkylation sites (tertiary alicyclic amines) is 2. The van der Waals surface area contributed by atoms with E-state index >= 15 is 0 Å². The van der Waals surface area contributed by atoms with Gasteiger partial charge >= 0.3 is 0 Å². The monoisotopic (exact) mass is 378 g/mol. The average Bonchev–Trinajstić information content (AvgIpc) is 2.72. The summed E-state index contributed by atoms with van der Waals surface area (Å²) in [6.45, 7) is 6.96. The normalized spacial score (nSPS) is 25.4. The summed E-state index contributed by atoms with van der Waals surface area (Å²) in [4.78, 5) is 22.7. The molecule has 5 nitrogen and oxygen atoms in total. The Hall–Kier alpha value is -1.98. The highest BCUT2D eigenvalue weighted by molar-refractivity contribution is 5.22. The zero-order valence-corrected chi connectivity index (χ0v) is 16.6. The molecule has 0 radical (unpaired) electrons. The van der Waals surface area contributed by atoms with Gasteiger partial charge in [-0.25, -0.2) is 0 Å². The molecule has 0 N–H and O–H groups in total. The first-order valence-corrected chi connectivity index (χ1v) is 10.8. The smallest absolute Gasteiger partial charge is 0.255 e. The van der Waals surface area contributed by atoms with Gasteiger partial charge in [0.1, 0.15) is 0 Å². The molecular weight excluding hydrogens is 348 g/mol. The van der Waals surface area contributed by atoms with Crippen molar-refractivity contribution in [3.63, 3.8) is 0 Å². The molecule has 0 saturated carbocycles. The van der Waals surface area contributed by atoms with Crippen molar-refractivity contribution in [1.29, 1.82) is 0 Å².